The van der Waals surface area contributed by atoms with Crippen molar-refractivity contribution in [2.45, 2.75) is 39.6 Å². The summed E-state index contributed by atoms with van der Waals surface area (Å²) in [4.78, 5) is 40.6. The zero-order valence-corrected chi connectivity index (χ0v) is 20.4. The van der Waals surface area contributed by atoms with E-state index in [1.165, 1.54) is 29.4 Å². The number of aromatic nitrogens is 3. The molecule has 184 valence electrons. The highest BCUT2D eigenvalue weighted by molar-refractivity contribution is 7.18. The van der Waals surface area contributed by atoms with Crippen molar-refractivity contribution in [3.8, 4) is 0 Å². The fraction of sp³-hybridized carbons (Fsp3) is 0.240. The number of hydrogen-bond donors (Lipinski definition) is 2. The van der Waals surface area contributed by atoms with Gasteiger partial charge < -0.3 is 20.7 Å². The SMILES string of the molecule is Cc1nc2cc(CN(C(=O)C(=O)Nc3cnc(N)c4c3COC4)C(C)c3ncccc3F)ccc2s1. The number of rotatable bonds is 5. The van der Waals surface area contributed by atoms with Crippen LogP contribution in [-0.2, 0) is 34.1 Å². The fourth-order valence-electron chi connectivity index (χ4n) is 4.22. The number of thiazole rings is 1. The molecular weight excluding hydrogens is 483 g/mol. The Kier molecular flexibility index (Phi) is 6.33. The van der Waals surface area contributed by atoms with Gasteiger partial charge in [-0.1, -0.05) is 6.07 Å². The Hall–Kier alpha value is -3.96. The molecule has 0 saturated carbocycles. The summed E-state index contributed by atoms with van der Waals surface area (Å²) in [6, 6.07) is 7.58. The zero-order valence-electron chi connectivity index (χ0n) is 19.6. The van der Waals surface area contributed by atoms with Gasteiger partial charge in [-0.25, -0.2) is 14.4 Å². The molecule has 0 radical (unpaired) electrons. The minimum absolute atomic E-state index is 0.0527. The Morgan fingerprint density at radius 3 is 2.86 bits per heavy atom. The Morgan fingerprint density at radius 1 is 1.25 bits per heavy atom. The van der Waals surface area contributed by atoms with Crippen LogP contribution in [0.5, 0.6) is 0 Å². The lowest BCUT2D eigenvalue weighted by Gasteiger charge is -2.29. The van der Waals surface area contributed by atoms with Crippen LogP contribution < -0.4 is 11.1 Å². The number of anilines is 2. The van der Waals surface area contributed by atoms with Crippen molar-refractivity contribution < 1.29 is 18.7 Å². The van der Waals surface area contributed by atoms with Gasteiger partial charge in [-0.15, -0.1) is 11.3 Å². The van der Waals surface area contributed by atoms with Crippen molar-refractivity contribution in [1.29, 1.82) is 0 Å². The summed E-state index contributed by atoms with van der Waals surface area (Å²) in [7, 11) is 0. The van der Waals surface area contributed by atoms with E-state index >= 15 is 0 Å². The molecule has 11 heteroatoms. The van der Waals surface area contributed by atoms with Crippen molar-refractivity contribution in [3.63, 3.8) is 0 Å². The number of carbonyl (C=O) groups is 2. The minimum atomic E-state index is -0.885. The maximum absolute atomic E-state index is 14.6. The van der Waals surface area contributed by atoms with Crippen molar-refractivity contribution in [1.82, 2.24) is 19.9 Å². The van der Waals surface area contributed by atoms with Gasteiger partial charge in [0.2, 0.25) is 0 Å². The molecule has 1 aromatic carbocycles. The molecular formula is C25H23FN6O3S. The van der Waals surface area contributed by atoms with E-state index in [0.29, 0.717) is 22.6 Å². The van der Waals surface area contributed by atoms with E-state index in [-0.39, 0.29) is 25.5 Å². The molecule has 9 nitrogen and oxygen atoms in total. The monoisotopic (exact) mass is 506 g/mol. The van der Waals surface area contributed by atoms with Crippen LogP contribution in [-0.4, -0.2) is 31.7 Å². The summed E-state index contributed by atoms with van der Waals surface area (Å²) in [5.74, 6) is -1.97. The van der Waals surface area contributed by atoms with E-state index < -0.39 is 23.7 Å². The summed E-state index contributed by atoms with van der Waals surface area (Å²) >= 11 is 1.57. The van der Waals surface area contributed by atoms with Crippen LogP contribution in [0.4, 0.5) is 15.9 Å². The van der Waals surface area contributed by atoms with Crippen LogP contribution in [0, 0.1) is 12.7 Å². The van der Waals surface area contributed by atoms with Gasteiger partial charge in [0.1, 0.15) is 11.6 Å². The highest BCUT2D eigenvalue weighted by atomic mass is 32.1. The molecule has 3 aromatic heterocycles. The van der Waals surface area contributed by atoms with Gasteiger partial charge in [-0.05, 0) is 43.7 Å². The van der Waals surface area contributed by atoms with Gasteiger partial charge in [0.25, 0.3) is 0 Å². The van der Waals surface area contributed by atoms with Crippen molar-refractivity contribution in [3.05, 3.63) is 75.9 Å². The molecule has 1 unspecified atom stereocenters. The fourth-order valence-corrected chi connectivity index (χ4v) is 5.03. The largest absolute Gasteiger partial charge is 0.383 e. The van der Waals surface area contributed by atoms with Crippen LogP contribution in [0.3, 0.4) is 0 Å². The highest BCUT2D eigenvalue weighted by Crippen LogP contribution is 2.31. The minimum Gasteiger partial charge on any atom is -0.383 e. The van der Waals surface area contributed by atoms with Gasteiger partial charge in [-0.3, -0.25) is 14.6 Å². The van der Waals surface area contributed by atoms with E-state index in [1.807, 2.05) is 25.1 Å². The Labute approximate surface area is 210 Å². The first-order valence-corrected chi connectivity index (χ1v) is 12.1. The third-order valence-corrected chi connectivity index (χ3v) is 7.04. The number of nitrogens with two attached hydrogens (primary N) is 1. The normalized spacial score (nSPS) is 13.4. The number of pyridine rings is 2. The molecule has 0 aliphatic carbocycles. The Morgan fingerprint density at radius 2 is 2.06 bits per heavy atom. The summed E-state index contributed by atoms with van der Waals surface area (Å²) < 4.78 is 21.1. The number of nitrogen functional groups attached to an aromatic ring is 1. The van der Waals surface area contributed by atoms with Gasteiger partial charge in [0, 0.05) is 23.9 Å². The first-order valence-electron chi connectivity index (χ1n) is 11.2. The standard InChI is InChI=1S/C25H23FN6O3S/c1-13(22-18(26)4-3-7-28-22)32(10-15-5-6-21-19(8-15)30-14(2)36-21)25(34)24(33)31-20-9-29-23(27)17-12-35-11-16(17)20/h3-9,13H,10-12H2,1-2H3,(H2,27,29)(H,31,33). The van der Waals surface area contributed by atoms with Crippen LogP contribution in [0.2, 0.25) is 0 Å². The van der Waals surface area contributed by atoms with Crippen LogP contribution >= 0.6 is 11.3 Å². The lowest BCUT2D eigenvalue weighted by atomic mass is 10.1. The topological polar surface area (TPSA) is 123 Å². The maximum Gasteiger partial charge on any atom is 0.313 e. The Balaban J connectivity index is 1.46. The van der Waals surface area contributed by atoms with Crippen molar-refractivity contribution in [2.24, 2.45) is 0 Å². The van der Waals surface area contributed by atoms with E-state index in [4.69, 9.17) is 10.5 Å². The molecule has 1 aliphatic rings. The molecule has 4 heterocycles. The number of amides is 2. The predicted molar refractivity (Wildman–Crippen MR) is 133 cm³/mol. The number of carbonyl (C=O) groups excluding carboxylic acids is 2. The molecule has 4 aromatic rings. The van der Waals surface area contributed by atoms with Gasteiger partial charge in [0.15, 0.2) is 0 Å². The molecule has 0 bridgehead atoms. The number of nitrogens with one attached hydrogen (secondary N) is 1. The maximum atomic E-state index is 14.6. The van der Waals surface area contributed by atoms with E-state index in [1.54, 1.807) is 18.3 Å². The molecule has 5 rings (SSSR count). The number of hydrogen-bond acceptors (Lipinski definition) is 8. The molecule has 1 atom stereocenters. The first kappa shape index (κ1) is 23.8. The molecule has 0 spiro atoms. The lowest BCUT2D eigenvalue weighted by Crippen LogP contribution is -2.41. The second-order valence-corrected chi connectivity index (χ2v) is 9.71. The third kappa shape index (κ3) is 4.50. The van der Waals surface area contributed by atoms with Crippen molar-refractivity contribution in [2.75, 3.05) is 11.1 Å². The van der Waals surface area contributed by atoms with Crippen LogP contribution in [0.15, 0.2) is 42.7 Å². The summed E-state index contributed by atoms with van der Waals surface area (Å²) in [5.41, 5.74) is 9.23. The number of fused-ring (bicyclic) bond motifs is 2. The Bertz CT molecular complexity index is 1490. The summed E-state index contributed by atoms with van der Waals surface area (Å²) in [5, 5.41) is 3.56. The molecule has 2 amide bonds. The molecule has 1 aliphatic heterocycles. The van der Waals surface area contributed by atoms with Gasteiger partial charge in [-0.2, -0.15) is 0 Å². The summed E-state index contributed by atoms with van der Waals surface area (Å²) in [6.45, 7) is 4.14. The summed E-state index contributed by atoms with van der Waals surface area (Å²) in [6.07, 6.45) is 2.85. The number of nitrogens with zero attached hydrogens (tertiary/aromatic N) is 4. The number of ether oxygens (including phenoxy) is 1. The second-order valence-electron chi connectivity index (χ2n) is 8.48. The smallest absolute Gasteiger partial charge is 0.313 e. The number of halogens is 1. The lowest BCUT2D eigenvalue weighted by molar-refractivity contribution is -0.145. The van der Waals surface area contributed by atoms with Crippen molar-refractivity contribution >= 4 is 44.9 Å². The molecule has 0 saturated heterocycles. The number of benzene rings is 1. The predicted octanol–water partition coefficient (Wildman–Crippen LogP) is 3.87. The quantitative estimate of drug-likeness (QED) is 0.394. The average molecular weight is 507 g/mol. The van der Waals surface area contributed by atoms with Crippen LogP contribution in [0.25, 0.3) is 10.2 Å². The zero-order chi connectivity index (χ0) is 25.4. The number of aryl methyl sites for hydroxylation is 1. The van der Waals surface area contributed by atoms with Gasteiger partial charge in [0.05, 0.1) is 52.1 Å². The van der Waals surface area contributed by atoms with Crippen LogP contribution in [0.1, 0.15) is 40.4 Å². The molecule has 3 N–H and O–H groups in total. The molecule has 0 fully saturated rings. The van der Waals surface area contributed by atoms with E-state index in [0.717, 1.165) is 20.8 Å². The van der Waals surface area contributed by atoms with E-state index in [2.05, 4.69) is 20.3 Å². The third-order valence-electron chi connectivity index (χ3n) is 6.09. The second kappa shape index (κ2) is 9.59. The van der Waals surface area contributed by atoms with Gasteiger partial charge >= 0.3 is 11.8 Å². The average Bonchev–Trinajstić information content (AvgIpc) is 3.50. The molecule has 36 heavy (non-hydrogen) atoms. The van der Waals surface area contributed by atoms with E-state index in [9.17, 15) is 14.0 Å². The first-order chi connectivity index (χ1) is 17.3. The highest BCUT2D eigenvalue weighted by Gasteiger charge is 2.31.